The monoisotopic (exact) mass is 279 g/mol. The van der Waals surface area contributed by atoms with Gasteiger partial charge in [0.2, 0.25) is 0 Å². The molecule has 0 aliphatic rings. The van der Waals surface area contributed by atoms with E-state index in [0.717, 1.165) is 16.7 Å². The van der Waals surface area contributed by atoms with Crippen LogP contribution in [-0.4, -0.2) is 24.5 Å². The second-order valence-corrected chi connectivity index (χ2v) is 6.63. The molecule has 1 aromatic carbocycles. The normalized spacial score (nSPS) is 11.7. The molecular formula is C13H17N3O2S. The van der Waals surface area contributed by atoms with Gasteiger partial charge in [0.05, 0.1) is 12.7 Å². The van der Waals surface area contributed by atoms with Crippen LogP contribution in [-0.2, 0) is 22.9 Å². The van der Waals surface area contributed by atoms with Crippen LogP contribution < -0.4 is 5.73 Å². The van der Waals surface area contributed by atoms with Crippen molar-refractivity contribution in [2.75, 3.05) is 6.26 Å². The Bertz CT molecular complexity index is 690. The number of sulfone groups is 1. The van der Waals surface area contributed by atoms with E-state index in [2.05, 4.69) is 5.10 Å². The molecule has 0 aliphatic carbocycles. The predicted octanol–water partition coefficient (Wildman–Crippen LogP) is 1.10. The van der Waals surface area contributed by atoms with Crippen LogP contribution in [0.5, 0.6) is 0 Å². The quantitative estimate of drug-likeness (QED) is 0.909. The van der Waals surface area contributed by atoms with Gasteiger partial charge in [-0.3, -0.25) is 4.68 Å². The molecule has 5 nitrogen and oxygen atoms in total. The van der Waals surface area contributed by atoms with E-state index >= 15 is 0 Å². The molecule has 19 heavy (non-hydrogen) atoms. The summed E-state index contributed by atoms with van der Waals surface area (Å²) in [6.45, 7) is 3.07. The standard InChI is InChI=1S/C13H17N3O2S/c1-10-5-11(6-14)3-4-12(10)8-16-9-13(7-15-16)19(2,17)18/h3-5,7,9H,6,8,14H2,1-2H3. The molecule has 6 heteroatoms. The smallest absolute Gasteiger partial charge is 0.178 e. The van der Waals surface area contributed by atoms with Crippen LogP contribution in [0.4, 0.5) is 0 Å². The van der Waals surface area contributed by atoms with Gasteiger partial charge < -0.3 is 5.73 Å². The lowest BCUT2D eigenvalue weighted by atomic mass is 10.1. The van der Waals surface area contributed by atoms with E-state index in [-0.39, 0.29) is 4.90 Å². The molecule has 0 bridgehead atoms. The third-order valence-electron chi connectivity index (χ3n) is 3.01. The summed E-state index contributed by atoms with van der Waals surface area (Å²) in [6, 6.07) is 6.01. The van der Waals surface area contributed by atoms with Crippen molar-refractivity contribution in [3.05, 3.63) is 47.3 Å². The molecule has 0 spiro atoms. The predicted molar refractivity (Wildman–Crippen MR) is 73.5 cm³/mol. The number of nitrogens with two attached hydrogens (primary N) is 1. The summed E-state index contributed by atoms with van der Waals surface area (Å²) in [5.41, 5.74) is 8.89. The first-order chi connectivity index (χ1) is 8.90. The van der Waals surface area contributed by atoms with Gasteiger partial charge in [-0.2, -0.15) is 5.10 Å². The first-order valence-corrected chi connectivity index (χ1v) is 7.80. The number of rotatable bonds is 4. The highest BCUT2D eigenvalue weighted by molar-refractivity contribution is 7.90. The molecule has 0 radical (unpaired) electrons. The topological polar surface area (TPSA) is 78.0 Å². The molecule has 0 unspecified atom stereocenters. The number of benzene rings is 1. The number of aromatic nitrogens is 2. The van der Waals surface area contributed by atoms with Gasteiger partial charge in [0.25, 0.3) is 0 Å². The zero-order valence-corrected chi connectivity index (χ0v) is 11.8. The lowest BCUT2D eigenvalue weighted by Crippen LogP contribution is -2.04. The van der Waals surface area contributed by atoms with Crippen LogP contribution in [0, 0.1) is 6.92 Å². The van der Waals surface area contributed by atoms with E-state index in [4.69, 9.17) is 5.73 Å². The molecule has 0 fully saturated rings. The van der Waals surface area contributed by atoms with Gasteiger partial charge in [-0.15, -0.1) is 0 Å². The first kappa shape index (κ1) is 13.8. The highest BCUT2D eigenvalue weighted by atomic mass is 32.2. The highest BCUT2D eigenvalue weighted by Gasteiger charge is 2.10. The lowest BCUT2D eigenvalue weighted by Gasteiger charge is -2.07. The average molecular weight is 279 g/mol. The van der Waals surface area contributed by atoms with Crippen LogP contribution in [0.2, 0.25) is 0 Å². The van der Waals surface area contributed by atoms with Gasteiger partial charge in [0, 0.05) is 19.0 Å². The molecule has 0 aliphatic heterocycles. The van der Waals surface area contributed by atoms with E-state index in [0.29, 0.717) is 13.1 Å². The van der Waals surface area contributed by atoms with Gasteiger partial charge in [-0.05, 0) is 23.6 Å². The molecule has 1 aromatic heterocycles. The van der Waals surface area contributed by atoms with Crippen molar-refractivity contribution >= 4 is 9.84 Å². The van der Waals surface area contributed by atoms with Crippen LogP contribution in [0.1, 0.15) is 16.7 Å². The molecular weight excluding hydrogens is 262 g/mol. The van der Waals surface area contributed by atoms with E-state index in [1.54, 1.807) is 10.9 Å². The van der Waals surface area contributed by atoms with Crippen LogP contribution in [0.25, 0.3) is 0 Å². The molecule has 2 N–H and O–H groups in total. The van der Waals surface area contributed by atoms with Crippen molar-refractivity contribution in [3.8, 4) is 0 Å². The average Bonchev–Trinajstić information content (AvgIpc) is 2.80. The Labute approximate surface area is 113 Å². The van der Waals surface area contributed by atoms with E-state index in [1.165, 1.54) is 12.5 Å². The Morgan fingerprint density at radius 1 is 1.37 bits per heavy atom. The van der Waals surface area contributed by atoms with E-state index < -0.39 is 9.84 Å². The van der Waals surface area contributed by atoms with Crippen LogP contribution in [0.3, 0.4) is 0 Å². The van der Waals surface area contributed by atoms with Crippen molar-refractivity contribution < 1.29 is 8.42 Å². The Kier molecular flexibility index (Phi) is 3.73. The summed E-state index contributed by atoms with van der Waals surface area (Å²) in [5, 5.41) is 4.07. The highest BCUT2D eigenvalue weighted by Crippen LogP contribution is 2.14. The third-order valence-corrected chi connectivity index (χ3v) is 4.08. The maximum absolute atomic E-state index is 11.4. The van der Waals surface area contributed by atoms with Gasteiger partial charge in [0.15, 0.2) is 9.84 Å². The summed E-state index contributed by atoms with van der Waals surface area (Å²) in [4.78, 5) is 0.240. The fourth-order valence-corrected chi connectivity index (χ4v) is 2.41. The second kappa shape index (κ2) is 5.14. The summed E-state index contributed by atoms with van der Waals surface area (Å²) in [5.74, 6) is 0. The maximum Gasteiger partial charge on any atom is 0.178 e. The molecule has 2 aromatic rings. The minimum atomic E-state index is -3.19. The van der Waals surface area contributed by atoms with E-state index in [9.17, 15) is 8.42 Å². The number of hydrogen-bond donors (Lipinski definition) is 1. The Morgan fingerprint density at radius 2 is 2.11 bits per heavy atom. The fourth-order valence-electron chi connectivity index (χ4n) is 1.86. The van der Waals surface area contributed by atoms with Gasteiger partial charge >= 0.3 is 0 Å². The third kappa shape index (κ3) is 3.21. The van der Waals surface area contributed by atoms with Gasteiger partial charge in [0.1, 0.15) is 4.90 Å². The zero-order valence-electron chi connectivity index (χ0n) is 11.0. The minimum Gasteiger partial charge on any atom is -0.326 e. The first-order valence-electron chi connectivity index (χ1n) is 5.91. The van der Waals surface area contributed by atoms with Crippen molar-refractivity contribution in [3.63, 3.8) is 0 Å². The van der Waals surface area contributed by atoms with Crippen LogP contribution >= 0.6 is 0 Å². The SMILES string of the molecule is Cc1cc(CN)ccc1Cn1cc(S(C)(=O)=O)cn1. The maximum atomic E-state index is 11.4. The molecule has 102 valence electrons. The van der Waals surface area contributed by atoms with Crippen molar-refractivity contribution in [2.24, 2.45) is 5.73 Å². The van der Waals surface area contributed by atoms with Gasteiger partial charge in [-0.25, -0.2) is 8.42 Å². The molecule has 0 amide bonds. The summed E-state index contributed by atoms with van der Waals surface area (Å²) >= 11 is 0. The van der Waals surface area contributed by atoms with Crippen molar-refractivity contribution in [1.82, 2.24) is 9.78 Å². The molecule has 2 rings (SSSR count). The summed E-state index contributed by atoms with van der Waals surface area (Å²) < 4.78 is 24.4. The molecule has 1 heterocycles. The number of aryl methyl sites for hydroxylation is 1. The second-order valence-electron chi connectivity index (χ2n) is 4.61. The van der Waals surface area contributed by atoms with Gasteiger partial charge in [-0.1, -0.05) is 18.2 Å². The number of nitrogens with zero attached hydrogens (tertiary/aromatic N) is 2. The molecule has 0 saturated heterocycles. The molecule has 0 saturated carbocycles. The lowest BCUT2D eigenvalue weighted by molar-refractivity contribution is 0.601. The van der Waals surface area contributed by atoms with Crippen molar-refractivity contribution in [1.29, 1.82) is 0 Å². The largest absolute Gasteiger partial charge is 0.326 e. The van der Waals surface area contributed by atoms with Crippen LogP contribution in [0.15, 0.2) is 35.5 Å². The molecule has 0 atom stereocenters. The Balaban J connectivity index is 2.24. The van der Waals surface area contributed by atoms with E-state index in [1.807, 2.05) is 25.1 Å². The van der Waals surface area contributed by atoms with Crippen molar-refractivity contribution in [2.45, 2.75) is 24.9 Å². The fraction of sp³-hybridized carbons (Fsp3) is 0.308. The zero-order chi connectivity index (χ0) is 14.0. The Morgan fingerprint density at radius 3 is 2.63 bits per heavy atom. The minimum absolute atomic E-state index is 0.240. The number of hydrogen-bond acceptors (Lipinski definition) is 4. The summed E-state index contributed by atoms with van der Waals surface area (Å²) in [6.07, 6.45) is 4.10. The Hall–Kier alpha value is -1.66. The summed E-state index contributed by atoms with van der Waals surface area (Å²) in [7, 11) is -3.19.